The second-order valence-corrected chi connectivity index (χ2v) is 8.60. The Morgan fingerprint density at radius 3 is 2.73 bits per heavy atom. The number of hydrogen-bond donors (Lipinski definition) is 1. The summed E-state index contributed by atoms with van der Waals surface area (Å²) in [6, 6.07) is 11.1. The Morgan fingerprint density at radius 2 is 1.96 bits per heavy atom. The highest BCUT2D eigenvalue weighted by atomic mass is 32.2. The zero-order valence-electron chi connectivity index (χ0n) is 15.1. The number of rotatable bonds is 2. The van der Waals surface area contributed by atoms with Gasteiger partial charge in [0.1, 0.15) is 12.4 Å². The van der Waals surface area contributed by atoms with Crippen molar-refractivity contribution in [3.05, 3.63) is 59.3 Å². The Bertz CT molecular complexity index is 1100. The standard InChI is InChI=1S/C20H22N2O3S/c1-13-4-7-19(14(2)12-13)26(23,24)22-10-8-16-17(22)5-6-18-20(16)15(3)21-9-11-25-18/h4-8,10,12,15,21H,9,11H2,1-3H3. The van der Waals surface area contributed by atoms with Crippen LogP contribution in [0.2, 0.25) is 0 Å². The number of fused-ring (bicyclic) bond motifs is 3. The highest BCUT2D eigenvalue weighted by Crippen LogP contribution is 2.36. The minimum absolute atomic E-state index is 0.0934. The van der Waals surface area contributed by atoms with Crippen molar-refractivity contribution in [2.24, 2.45) is 0 Å². The summed E-state index contributed by atoms with van der Waals surface area (Å²) in [5.41, 5.74) is 3.47. The van der Waals surface area contributed by atoms with E-state index in [4.69, 9.17) is 4.74 Å². The van der Waals surface area contributed by atoms with E-state index in [-0.39, 0.29) is 6.04 Å². The molecule has 2 heterocycles. The molecule has 26 heavy (non-hydrogen) atoms. The Balaban J connectivity index is 1.93. The van der Waals surface area contributed by atoms with Gasteiger partial charge in [0.25, 0.3) is 10.0 Å². The third kappa shape index (κ3) is 2.61. The maximum absolute atomic E-state index is 13.3. The molecule has 4 rings (SSSR count). The van der Waals surface area contributed by atoms with Crippen molar-refractivity contribution in [2.45, 2.75) is 31.7 Å². The smallest absolute Gasteiger partial charge is 0.268 e. The number of nitrogens with one attached hydrogen (secondary N) is 1. The van der Waals surface area contributed by atoms with E-state index in [1.54, 1.807) is 12.3 Å². The molecule has 1 aliphatic heterocycles. The molecular weight excluding hydrogens is 348 g/mol. The van der Waals surface area contributed by atoms with Crippen molar-refractivity contribution < 1.29 is 13.2 Å². The Morgan fingerprint density at radius 1 is 1.15 bits per heavy atom. The van der Waals surface area contributed by atoms with Gasteiger partial charge in [0, 0.05) is 29.7 Å². The molecule has 3 aromatic rings. The van der Waals surface area contributed by atoms with Crippen molar-refractivity contribution in [2.75, 3.05) is 13.2 Å². The first-order valence-electron chi connectivity index (χ1n) is 8.72. The number of nitrogens with zero attached hydrogens (tertiary/aromatic N) is 1. The van der Waals surface area contributed by atoms with Crippen molar-refractivity contribution in [1.29, 1.82) is 0 Å². The van der Waals surface area contributed by atoms with E-state index < -0.39 is 10.0 Å². The third-order valence-electron chi connectivity index (χ3n) is 4.95. The molecule has 0 aliphatic carbocycles. The summed E-state index contributed by atoms with van der Waals surface area (Å²) >= 11 is 0. The molecule has 1 aromatic heterocycles. The Labute approximate surface area is 153 Å². The quantitative estimate of drug-likeness (QED) is 0.750. The molecule has 0 fully saturated rings. The van der Waals surface area contributed by atoms with Crippen LogP contribution in [0.3, 0.4) is 0 Å². The van der Waals surface area contributed by atoms with E-state index in [0.717, 1.165) is 34.4 Å². The summed E-state index contributed by atoms with van der Waals surface area (Å²) in [6.07, 6.45) is 1.64. The second kappa shape index (κ2) is 6.14. The van der Waals surface area contributed by atoms with Gasteiger partial charge in [0.2, 0.25) is 0 Å². The van der Waals surface area contributed by atoms with Gasteiger partial charge in [-0.05, 0) is 50.6 Å². The summed E-state index contributed by atoms with van der Waals surface area (Å²) in [5.74, 6) is 0.816. The monoisotopic (exact) mass is 370 g/mol. The number of aromatic nitrogens is 1. The van der Waals surface area contributed by atoms with Crippen molar-refractivity contribution in [3.63, 3.8) is 0 Å². The summed E-state index contributed by atoms with van der Waals surface area (Å²) < 4.78 is 33.7. The largest absolute Gasteiger partial charge is 0.492 e. The normalized spacial score (nSPS) is 17.6. The van der Waals surface area contributed by atoms with Crippen LogP contribution in [0.15, 0.2) is 47.5 Å². The molecule has 1 unspecified atom stereocenters. The molecule has 5 nitrogen and oxygen atoms in total. The van der Waals surface area contributed by atoms with Crippen molar-refractivity contribution in [3.8, 4) is 5.75 Å². The molecular formula is C20H22N2O3S. The lowest BCUT2D eigenvalue weighted by molar-refractivity contribution is 0.325. The molecule has 1 N–H and O–H groups in total. The predicted octanol–water partition coefficient (Wildman–Crippen LogP) is 3.54. The van der Waals surface area contributed by atoms with Crippen LogP contribution in [0.4, 0.5) is 0 Å². The molecule has 0 saturated heterocycles. The van der Waals surface area contributed by atoms with E-state index in [2.05, 4.69) is 12.2 Å². The van der Waals surface area contributed by atoms with Gasteiger partial charge >= 0.3 is 0 Å². The van der Waals surface area contributed by atoms with Crippen LogP contribution in [0.1, 0.15) is 29.7 Å². The van der Waals surface area contributed by atoms with Crippen LogP contribution >= 0.6 is 0 Å². The highest BCUT2D eigenvalue weighted by molar-refractivity contribution is 7.90. The van der Waals surface area contributed by atoms with E-state index in [1.165, 1.54) is 3.97 Å². The number of ether oxygens (including phenoxy) is 1. The van der Waals surface area contributed by atoms with Crippen molar-refractivity contribution >= 4 is 20.9 Å². The summed E-state index contributed by atoms with van der Waals surface area (Å²) in [7, 11) is -3.67. The van der Waals surface area contributed by atoms with Crippen molar-refractivity contribution in [1.82, 2.24) is 9.29 Å². The SMILES string of the molecule is Cc1ccc(S(=O)(=O)n2ccc3c4c(ccc32)OCCNC4C)c(C)c1. The lowest BCUT2D eigenvalue weighted by Crippen LogP contribution is -2.20. The molecule has 6 heteroatoms. The molecule has 0 saturated carbocycles. The fourth-order valence-electron chi connectivity index (χ4n) is 3.71. The zero-order valence-corrected chi connectivity index (χ0v) is 15.9. The zero-order chi connectivity index (χ0) is 18.5. The Kier molecular flexibility index (Phi) is 4.04. The van der Waals surface area contributed by atoms with Crippen LogP contribution in [0.5, 0.6) is 5.75 Å². The first-order valence-corrected chi connectivity index (χ1v) is 10.2. The second-order valence-electron chi connectivity index (χ2n) is 6.82. The third-order valence-corrected chi connectivity index (χ3v) is 6.80. The first-order chi connectivity index (χ1) is 12.4. The summed E-state index contributed by atoms with van der Waals surface area (Å²) in [4.78, 5) is 0.331. The first kappa shape index (κ1) is 17.1. The van der Waals surface area contributed by atoms with Gasteiger partial charge in [0.15, 0.2) is 0 Å². The molecule has 0 radical (unpaired) electrons. The summed E-state index contributed by atoms with van der Waals surface area (Å²) in [6.45, 7) is 7.22. The topological polar surface area (TPSA) is 60.3 Å². The molecule has 2 aromatic carbocycles. The lowest BCUT2D eigenvalue weighted by atomic mass is 10.0. The fraction of sp³-hybridized carbons (Fsp3) is 0.300. The van der Waals surface area contributed by atoms with E-state index >= 15 is 0 Å². The number of aryl methyl sites for hydroxylation is 2. The Hall–Kier alpha value is -2.31. The van der Waals surface area contributed by atoms with Gasteiger partial charge in [0.05, 0.1) is 10.4 Å². The van der Waals surface area contributed by atoms with Crippen LogP contribution in [0.25, 0.3) is 10.9 Å². The summed E-state index contributed by atoms with van der Waals surface area (Å²) in [5, 5.41) is 4.30. The number of hydrogen-bond acceptors (Lipinski definition) is 4. The molecule has 0 bridgehead atoms. The highest BCUT2D eigenvalue weighted by Gasteiger charge is 2.25. The molecule has 1 aliphatic rings. The van der Waals surface area contributed by atoms with Gasteiger partial charge in [-0.1, -0.05) is 17.7 Å². The fourth-order valence-corrected chi connectivity index (χ4v) is 5.27. The minimum Gasteiger partial charge on any atom is -0.492 e. The van der Waals surface area contributed by atoms with E-state index in [0.29, 0.717) is 17.0 Å². The van der Waals surface area contributed by atoms with Gasteiger partial charge < -0.3 is 10.1 Å². The maximum Gasteiger partial charge on any atom is 0.268 e. The predicted molar refractivity (Wildman–Crippen MR) is 102 cm³/mol. The van der Waals surface area contributed by atoms with E-state index in [1.807, 2.05) is 44.2 Å². The molecule has 0 amide bonds. The molecule has 0 spiro atoms. The minimum atomic E-state index is -3.67. The van der Waals surface area contributed by atoms with E-state index in [9.17, 15) is 8.42 Å². The van der Waals surface area contributed by atoms with Gasteiger partial charge in [-0.15, -0.1) is 0 Å². The molecule has 136 valence electrons. The lowest BCUT2D eigenvalue weighted by Gasteiger charge is -2.15. The average molecular weight is 370 g/mol. The maximum atomic E-state index is 13.3. The van der Waals surface area contributed by atoms with Crippen LogP contribution in [-0.2, 0) is 10.0 Å². The van der Waals surface area contributed by atoms with Crippen LogP contribution in [0, 0.1) is 13.8 Å². The molecule has 1 atom stereocenters. The average Bonchev–Trinajstić information content (AvgIpc) is 2.93. The van der Waals surface area contributed by atoms with Gasteiger partial charge in [-0.2, -0.15) is 0 Å². The van der Waals surface area contributed by atoms with Gasteiger partial charge in [-0.25, -0.2) is 12.4 Å². The van der Waals surface area contributed by atoms with Gasteiger partial charge in [-0.3, -0.25) is 0 Å². The van der Waals surface area contributed by atoms with Crippen LogP contribution < -0.4 is 10.1 Å². The van der Waals surface area contributed by atoms with Crippen LogP contribution in [-0.4, -0.2) is 25.5 Å². The number of benzene rings is 2.